The molecule has 0 aliphatic carbocycles. The maximum atomic E-state index is 4.80. The Bertz CT molecular complexity index is 1510. The maximum Gasteiger partial charge on any atom is 0.148 e. The van der Waals surface area contributed by atoms with Gasteiger partial charge >= 0.3 is 0 Å². The molecule has 3 nitrogen and oxygen atoms in total. The molecule has 0 bridgehead atoms. The lowest BCUT2D eigenvalue weighted by molar-refractivity contribution is 1.13. The standard InChI is InChI=1S/C23H21N3Si/c1-14-13-25-22-21-15(9-10-24-22)11-16(27(2,3)4)12-19(21)26-18-8-6-5-7-17(18)20(14)23(25)26/h5-13H,1-4H3. The van der Waals surface area contributed by atoms with E-state index >= 15 is 0 Å². The molecule has 0 amide bonds. The monoisotopic (exact) mass is 367 g/mol. The first kappa shape index (κ1) is 15.2. The zero-order valence-corrected chi connectivity index (χ0v) is 17.0. The minimum absolute atomic E-state index is 1.05. The van der Waals surface area contributed by atoms with Gasteiger partial charge in [-0.1, -0.05) is 49.1 Å². The Hall–Kier alpha value is -2.85. The highest BCUT2D eigenvalue weighted by Gasteiger charge is 2.23. The molecule has 4 heterocycles. The van der Waals surface area contributed by atoms with Crippen LogP contribution in [0.5, 0.6) is 0 Å². The fraction of sp³-hybridized carbons (Fsp3) is 0.174. The predicted octanol–water partition coefficient (Wildman–Crippen LogP) is 5.34. The largest absolute Gasteiger partial charge is 0.294 e. The van der Waals surface area contributed by atoms with Crippen LogP contribution in [0.25, 0.3) is 43.9 Å². The molecule has 6 rings (SSSR count). The van der Waals surface area contributed by atoms with Gasteiger partial charge in [0.1, 0.15) is 11.3 Å². The van der Waals surface area contributed by atoms with E-state index in [0.717, 1.165) is 5.65 Å². The predicted molar refractivity (Wildman–Crippen MR) is 118 cm³/mol. The first-order valence-electron chi connectivity index (χ1n) is 9.50. The number of benzene rings is 2. The van der Waals surface area contributed by atoms with Gasteiger partial charge in [-0.2, -0.15) is 0 Å². The molecular weight excluding hydrogens is 346 g/mol. The first-order chi connectivity index (χ1) is 12.9. The van der Waals surface area contributed by atoms with Crippen molar-refractivity contribution < 1.29 is 0 Å². The zero-order chi connectivity index (χ0) is 18.5. The number of hydrogen-bond donors (Lipinski definition) is 0. The normalized spacial score (nSPS) is 13.2. The second-order valence-corrected chi connectivity index (χ2v) is 13.8. The minimum Gasteiger partial charge on any atom is -0.294 e. The van der Waals surface area contributed by atoms with Crippen LogP contribution in [-0.2, 0) is 0 Å². The second-order valence-electron chi connectivity index (χ2n) is 8.71. The van der Waals surface area contributed by atoms with Gasteiger partial charge in [0.25, 0.3) is 0 Å². The molecule has 0 aliphatic heterocycles. The molecular formula is C23H21N3Si. The summed E-state index contributed by atoms with van der Waals surface area (Å²) in [6, 6.07) is 15.7. The van der Waals surface area contributed by atoms with Crippen molar-refractivity contribution in [1.82, 2.24) is 13.8 Å². The van der Waals surface area contributed by atoms with Crippen LogP contribution >= 0.6 is 0 Å². The summed E-state index contributed by atoms with van der Waals surface area (Å²) < 4.78 is 4.74. The topological polar surface area (TPSA) is 21.7 Å². The molecule has 0 radical (unpaired) electrons. The van der Waals surface area contributed by atoms with E-state index in [4.69, 9.17) is 4.98 Å². The van der Waals surface area contributed by atoms with Gasteiger partial charge in [0.05, 0.1) is 19.1 Å². The van der Waals surface area contributed by atoms with Crippen LogP contribution in [0.2, 0.25) is 19.6 Å². The lowest BCUT2D eigenvalue weighted by Crippen LogP contribution is -2.37. The molecule has 0 aliphatic rings. The summed E-state index contributed by atoms with van der Waals surface area (Å²) >= 11 is 0. The second kappa shape index (κ2) is 4.70. The van der Waals surface area contributed by atoms with E-state index in [9.17, 15) is 0 Å². The summed E-state index contributed by atoms with van der Waals surface area (Å²) in [6.07, 6.45) is 4.19. The Balaban J connectivity index is 2.04. The molecule has 0 spiro atoms. The molecule has 4 aromatic heterocycles. The molecule has 27 heavy (non-hydrogen) atoms. The van der Waals surface area contributed by atoms with Gasteiger partial charge in [0, 0.05) is 28.6 Å². The average Bonchev–Trinajstić information content (AvgIpc) is 3.16. The van der Waals surface area contributed by atoms with Gasteiger partial charge in [-0.05, 0) is 36.1 Å². The Morgan fingerprint density at radius 1 is 0.926 bits per heavy atom. The van der Waals surface area contributed by atoms with Crippen LogP contribution in [-0.4, -0.2) is 21.9 Å². The van der Waals surface area contributed by atoms with Crippen LogP contribution in [0, 0.1) is 6.92 Å². The van der Waals surface area contributed by atoms with E-state index in [-0.39, 0.29) is 0 Å². The Kier molecular flexibility index (Phi) is 2.65. The molecule has 0 saturated heterocycles. The van der Waals surface area contributed by atoms with Crippen LogP contribution in [0.1, 0.15) is 5.56 Å². The van der Waals surface area contributed by atoms with Gasteiger partial charge < -0.3 is 0 Å². The minimum atomic E-state index is -1.45. The van der Waals surface area contributed by atoms with Gasteiger partial charge in [-0.15, -0.1) is 0 Å². The van der Waals surface area contributed by atoms with Crippen molar-refractivity contribution in [1.29, 1.82) is 0 Å². The highest BCUT2D eigenvalue weighted by Crippen LogP contribution is 2.37. The van der Waals surface area contributed by atoms with Crippen LogP contribution < -0.4 is 5.19 Å². The van der Waals surface area contributed by atoms with Gasteiger partial charge in [0.15, 0.2) is 0 Å². The van der Waals surface area contributed by atoms with Gasteiger partial charge in [-0.3, -0.25) is 8.80 Å². The SMILES string of the molecule is Cc1cn2c3nccc4cc([Si](C)(C)C)cc(c43)n3c4ccccc4c1c23. The third kappa shape index (κ3) is 1.79. The number of pyridine rings is 1. The molecule has 132 valence electrons. The molecule has 0 saturated carbocycles. The zero-order valence-electron chi connectivity index (χ0n) is 16.0. The van der Waals surface area contributed by atoms with E-state index in [1.165, 1.54) is 49.0 Å². The molecule has 0 N–H and O–H groups in total. The van der Waals surface area contributed by atoms with Crippen molar-refractivity contribution in [2.45, 2.75) is 26.6 Å². The highest BCUT2D eigenvalue weighted by atomic mass is 28.3. The number of aryl methyl sites for hydroxylation is 1. The third-order valence-electron chi connectivity index (χ3n) is 5.95. The fourth-order valence-corrected chi connectivity index (χ4v) is 5.79. The van der Waals surface area contributed by atoms with Gasteiger partial charge in [-0.25, -0.2) is 4.98 Å². The van der Waals surface area contributed by atoms with Crippen molar-refractivity contribution in [2.24, 2.45) is 0 Å². The molecule has 6 aromatic rings. The molecule has 0 atom stereocenters. The lowest BCUT2D eigenvalue weighted by Gasteiger charge is -2.20. The van der Waals surface area contributed by atoms with Crippen LogP contribution in [0.15, 0.2) is 54.9 Å². The Labute approximate surface area is 158 Å². The molecule has 2 aromatic carbocycles. The quantitative estimate of drug-likeness (QED) is 0.360. The van der Waals surface area contributed by atoms with E-state index in [1.807, 2.05) is 6.20 Å². The summed E-state index contributed by atoms with van der Waals surface area (Å²) in [4.78, 5) is 4.80. The van der Waals surface area contributed by atoms with E-state index in [0.29, 0.717) is 0 Å². The first-order valence-corrected chi connectivity index (χ1v) is 13.0. The average molecular weight is 368 g/mol. The number of para-hydroxylation sites is 1. The Morgan fingerprint density at radius 2 is 1.74 bits per heavy atom. The number of nitrogens with zero attached hydrogens (tertiary/aromatic N) is 3. The molecule has 0 fully saturated rings. The lowest BCUT2D eigenvalue weighted by atomic mass is 10.1. The van der Waals surface area contributed by atoms with Crippen molar-refractivity contribution in [3.05, 3.63) is 60.4 Å². The van der Waals surface area contributed by atoms with E-state index < -0.39 is 8.07 Å². The van der Waals surface area contributed by atoms with Crippen molar-refractivity contribution in [3.63, 3.8) is 0 Å². The van der Waals surface area contributed by atoms with E-state index in [2.05, 4.69) is 84.0 Å². The summed E-state index contributed by atoms with van der Waals surface area (Å²) in [7, 11) is -1.45. The number of hydrogen-bond acceptors (Lipinski definition) is 1. The van der Waals surface area contributed by atoms with Crippen LogP contribution in [0.3, 0.4) is 0 Å². The maximum absolute atomic E-state index is 4.80. The summed E-state index contributed by atoms with van der Waals surface area (Å²) in [5.74, 6) is 0. The van der Waals surface area contributed by atoms with E-state index in [1.54, 1.807) is 0 Å². The fourth-order valence-electron chi connectivity index (χ4n) is 4.64. The smallest absolute Gasteiger partial charge is 0.148 e. The van der Waals surface area contributed by atoms with Crippen molar-refractivity contribution in [2.75, 3.05) is 0 Å². The van der Waals surface area contributed by atoms with Gasteiger partial charge in [0.2, 0.25) is 0 Å². The summed E-state index contributed by atoms with van der Waals surface area (Å²) in [5, 5.41) is 6.70. The van der Waals surface area contributed by atoms with Crippen LogP contribution in [0.4, 0.5) is 0 Å². The number of aromatic nitrogens is 3. The third-order valence-corrected chi connectivity index (χ3v) is 7.97. The van der Waals surface area contributed by atoms with Crippen molar-refractivity contribution in [3.8, 4) is 0 Å². The van der Waals surface area contributed by atoms with Crippen molar-refractivity contribution >= 4 is 57.1 Å². The summed E-state index contributed by atoms with van der Waals surface area (Å²) in [6.45, 7) is 9.46. The number of fused-ring (bicyclic) bond motifs is 5. The molecule has 0 unspecified atom stereocenters. The molecule has 4 heteroatoms. The summed E-state index contributed by atoms with van der Waals surface area (Å²) in [5.41, 5.74) is 6.16. The highest BCUT2D eigenvalue weighted by molar-refractivity contribution is 6.89. The number of rotatable bonds is 1. The Morgan fingerprint density at radius 3 is 2.56 bits per heavy atom.